The quantitative estimate of drug-likeness (QED) is 0.677. The van der Waals surface area contributed by atoms with Crippen LogP contribution in [0.2, 0.25) is 0 Å². The van der Waals surface area contributed by atoms with Crippen LogP contribution in [0.25, 0.3) is 6.08 Å². The van der Waals surface area contributed by atoms with E-state index in [-0.39, 0.29) is 28.7 Å². The van der Waals surface area contributed by atoms with Gasteiger partial charge in [-0.3, -0.25) is 4.79 Å². The van der Waals surface area contributed by atoms with Gasteiger partial charge in [0.1, 0.15) is 11.6 Å². The molecule has 2 aromatic rings. The third-order valence-electron chi connectivity index (χ3n) is 4.30. The lowest BCUT2D eigenvalue weighted by atomic mass is 10.1. The molecule has 0 saturated carbocycles. The van der Waals surface area contributed by atoms with Crippen LogP contribution in [0.15, 0.2) is 42.0 Å². The third-order valence-corrected chi connectivity index (χ3v) is 4.30. The van der Waals surface area contributed by atoms with E-state index in [0.717, 1.165) is 17.7 Å². The van der Waals surface area contributed by atoms with Crippen LogP contribution < -0.4 is 14.4 Å². The molecule has 0 unspecified atom stereocenters. The zero-order chi connectivity index (χ0) is 18.7. The highest BCUT2D eigenvalue weighted by atomic mass is 16.5. The van der Waals surface area contributed by atoms with Crippen LogP contribution in [0.1, 0.15) is 11.1 Å². The smallest absolute Gasteiger partial charge is 0.268 e. The summed E-state index contributed by atoms with van der Waals surface area (Å²) in [7, 11) is 2.83. The third kappa shape index (κ3) is 3.07. The zero-order valence-corrected chi connectivity index (χ0v) is 14.5. The van der Waals surface area contributed by atoms with Crippen molar-refractivity contribution in [2.75, 3.05) is 25.7 Å². The highest BCUT2D eigenvalue weighted by molar-refractivity contribution is 6.12. The largest absolute Gasteiger partial charge is 0.502 e. The maximum absolute atomic E-state index is 12.8. The predicted molar refractivity (Wildman–Crippen MR) is 97.3 cm³/mol. The number of phenolic OH excluding ortho intramolecular Hbond substituents is 1. The number of carbonyl (C=O) groups excluding carboxylic acids is 1. The molecule has 3 rings (SSSR count). The second-order valence-electron chi connectivity index (χ2n) is 5.78. The number of nitriles is 1. The number of hydrogen-bond acceptors (Lipinski definition) is 5. The average Bonchev–Trinajstić information content (AvgIpc) is 3.10. The van der Waals surface area contributed by atoms with Crippen molar-refractivity contribution in [1.29, 1.82) is 5.26 Å². The number of carbonyl (C=O) groups is 1. The van der Waals surface area contributed by atoms with Crippen LogP contribution in [0.5, 0.6) is 17.2 Å². The number of benzene rings is 2. The minimum atomic E-state index is -0.358. The number of aromatic hydroxyl groups is 1. The van der Waals surface area contributed by atoms with Crippen LogP contribution in [-0.2, 0) is 11.2 Å². The molecule has 0 radical (unpaired) electrons. The Morgan fingerprint density at radius 1 is 1.23 bits per heavy atom. The molecule has 1 heterocycles. The van der Waals surface area contributed by atoms with Gasteiger partial charge >= 0.3 is 0 Å². The molecule has 1 aliphatic rings. The van der Waals surface area contributed by atoms with Gasteiger partial charge in [-0.25, -0.2) is 0 Å². The lowest BCUT2D eigenvalue weighted by Crippen LogP contribution is -2.29. The molecule has 0 saturated heterocycles. The predicted octanol–water partition coefficient (Wildman–Crippen LogP) is 2.91. The molecule has 2 aromatic carbocycles. The molecule has 1 aliphatic heterocycles. The summed E-state index contributed by atoms with van der Waals surface area (Å²) >= 11 is 0. The molecule has 132 valence electrons. The first-order valence-corrected chi connectivity index (χ1v) is 8.05. The number of methoxy groups -OCH3 is 2. The van der Waals surface area contributed by atoms with E-state index in [0.29, 0.717) is 12.1 Å². The van der Waals surface area contributed by atoms with Crippen molar-refractivity contribution in [3.63, 3.8) is 0 Å². The van der Waals surface area contributed by atoms with E-state index in [1.165, 1.54) is 20.3 Å². The summed E-state index contributed by atoms with van der Waals surface area (Å²) in [6.45, 7) is 0.541. The molecular formula is C20H18N2O4. The summed E-state index contributed by atoms with van der Waals surface area (Å²) in [5.74, 6) is -0.0902. The Morgan fingerprint density at radius 2 is 1.88 bits per heavy atom. The van der Waals surface area contributed by atoms with Crippen molar-refractivity contribution < 1.29 is 19.4 Å². The van der Waals surface area contributed by atoms with E-state index in [4.69, 9.17) is 9.47 Å². The van der Waals surface area contributed by atoms with Crippen molar-refractivity contribution in [3.8, 4) is 23.3 Å². The molecule has 0 fully saturated rings. The summed E-state index contributed by atoms with van der Waals surface area (Å²) in [5, 5.41) is 19.5. The van der Waals surface area contributed by atoms with Gasteiger partial charge in [-0.05, 0) is 41.8 Å². The van der Waals surface area contributed by atoms with E-state index in [9.17, 15) is 15.2 Å². The van der Waals surface area contributed by atoms with Gasteiger partial charge in [-0.1, -0.05) is 18.2 Å². The molecule has 6 nitrogen and oxygen atoms in total. The maximum atomic E-state index is 12.8. The molecule has 0 aliphatic carbocycles. The minimum Gasteiger partial charge on any atom is -0.502 e. The first-order chi connectivity index (χ1) is 12.6. The van der Waals surface area contributed by atoms with Crippen LogP contribution in [-0.4, -0.2) is 31.8 Å². The van der Waals surface area contributed by atoms with E-state index in [1.54, 1.807) is 17.0 Å². The normalized spacial score (nSPS) is 13.1. The monoisotopic (exact) mass is 350 g/mol. The second kappa shape index (κ2) is 7.19. The van der Waals surface area contributed by atoms with Crippen molar-refractivity contribution >= 4 is 17.7 Å². The van der Waals surface area contributed by atoms with Gasteiger partial charge in [0.2, 0.25) is 5.75 Å². The molecule has 26 heavy (non-hydrogen) atoms. The van der Waals surface area contributed by atoms with Crippen molar-refractivity contribution in [1.82, 2.24) is 0 Å². The maximum Gasteiger partial charge on any atom is 0.268 e. The number of rotatable bonds is 4. The lowest BCUT2D eigenvalue weighted by molar-refractivity contribution is -0.114. The van der Waals surface area contributed by atoms with Gasteiger partial charge in [-0.15, -0.1) is 0 Å². The fourth-order valence-electron chi connectivity index (χ4n) is 3.00. The van der Waals surface area contributed by atoms with Gasteiger partial charge < -0.3 is 19.5 Å². The molecule has 0 atom stereocenters. The number of fused-ring (bicyclic) bond motifs is 1. The Bertz CT molecular complexity index is 903. The first kappa shape index (κ1) is 17.4. The average molecular weight is 350 g/mol. The Hall–Kier alpha value is -3.46. The zero-order valence-electron chi connectivity index (χ0n) is 14.5. The number of anilines is 1. The standard InChI is InChI=1S/C20H18N2O4/c1-25-17-10-13(11-18(26-2)19(17)23)9-15(12-21)20(24)22-8-7-14-5-3-4-6-16(14)22/h3-6,9-11,23H,7-8H2,1-2H3/b15-9+. The van der Waals surface area contributed by atoms with Crippen LogP contribution in [0.4, 0.5) is 5.69 Å². The SMILES string of the molecule is COc1cc(/C=C(\C#N)C(=O)N2CCc3ccccc32)cc(OC)c1O. The van der Waals surface area contributed by atoms with Gasteiger partial charge in [0, 0.05) is 12.2 Å². The molecule has 1 N–H and O–H groups in total. The van der Waals surface area contributed by atoms with Crippen molar-refractivity contribution in [3.05, 3.63) is 53.1 Å². The van der Waals surface area contributed by atoms with Crippen LogP contribution in [0, 0.1) is 11.3 Å². The number of ether oxygens (including phenoxy) is 2. The molecule has 0 spiro atoms. The molecule has 6 heteroatoms. The number of amides is 1. The Morgan fingerprint density at radius 3 is 2.50 bits per heavy atom. The van der Waals surface area contributed by atoms with E-state index >= 15 is 0 Å². The fraction of sp³-hybridized carbons (Fsp3) is 0.200. The molecular weight excluding hydrogens is 332 g/mol. The van der Waals surface area contributed by atoms with Gasteiger partial charge in [0.25, 0.3) is 5.91 Å². The van der Waals surface area contributed by atoms with E-state index < -0.39 is 0 Å². The molecule has 0 bridgehead atoms. The minimum absolute atomic E-state index is 0.00324. The van der Waals surface area contributed by atoms with Crippen molar-refractivity contribution in [2.24, 2.45) is 0 Å². The Kier molecular flexibility index (Phi) is 4.81. The summed E-state index contributed by atoms with van der Waals surface area (Å²) in [5.41, 5.74) is 2.44. The highest BCUT2D eigenvalue weighted by Crippen LogP contribution is 2.38. The van der Waals surface area contributed by atoms with Crippen LogP contribution in [0.3, 0.4) is 0 Å². The summed E-state index contributed by atoms with van der Waals surface area (Å²) in [6, 6.07) is 12.7. The topological polar surface area (TPSA) is 82.8 Å². The highest BCUT2D eigenvalue weighted by Gasteiger charge is 2.26. The van der Waals surface area contributed by atoms with E-state index in [1.807, 2.05) is 30.3 Å². The van der Waals surface area contributed by atoms with E-state index in [2.05, 4.69) is 0 Å². The molecule has 1 amide bonds. The summed E-state index contributed by atoms with van der Waals surface area (Å²) in [6.07, 6.45) is 2.23. The van der Waals surface area contributed by atoms with Gasteiger partial charge in [0.15, 0.2) is 11.5 Å². The summed E-state index contributed by atoms with van der Waals surface area (Å²) < 4.78 is 10.2. The van der Waals surface area contributed by atoms with Crippen LogP contribution >= 0.6 is 0 Å². The molecule has 0 aromatic heterocycles. The first-order valence-electron chi connectivity index (χ1n) is 8.05. The Labute approximate surface area is 151 Å². The number of nitrogens with zero attached hydrogens (tertiary/aromatic N) is 2. The fourth-order valence-corrected chi connectivity index (χ4v) is 3.00. The second-order valence-corrected chi connectivity index (χ2v) is 5.78. The number of phenols is 1. The van der Waals surface area contributed by atoms with Crippen molar-refractivity contribution in [2.45, 2.75) is 6.42 Å². The lowest BCUT2D eigenvalue weighted by Gasteiger charge is -2.16. The number of para-hydroxylation sites is 1. The summed E-state index contributed by atoms with van der Waals surface area (Å²) in [4.78, 5) is 14.5. The number of hydrogen-bond donors (Lipinski definition) is 1. The van der Waals surface area contributed by atoms with Gasteiger partial charge in [0.05, 0.1) is 14.2 Å². The Balaban J connectivity index is 1.97. The van der Waals surface area contributed by atoms with Gasteiger partial charge in [-0.2, -0.15) is 5.26 Å².